The lowest BCUT2D eigenvalue weighted by Crippen LogP contribution is -2.07. The van der Waals surface area contributed by atoms with Crippen molar-refractivity contribution in [1.82, 2.24) is 0 Å². The van der Waals surface area contributed by atoms with E-state index in [4.69, 9.17) is 10.00 Å². The first-order valence-corrected chi connectivity index (χ1v) is 5.69. The van der Waals surface area contributed by atoms with Gasteiger partial charge in [-0.05, 0) is 44.0 Å². The lowest BCUT2D eigenvalue weighted by Gasteiger charge is -2.05. The summed E-state index contributed by atoms with van der Waals surface area (Å²) >= 11 is 0. The average Bonchev–Trinajstić information content (AvgIpc) is 2.34. The maximum atomic E-state index is 11.4. The maximum absolute atomic E-state index is 11.4. The van der Waals surface area contributed by atoms with Gasteiger partial charge in [-0.15, -0.1) is 0 Å². The summed E-state index contributed by atoms with van der Waals surface area (Å²) in [4.78, 5) is 11.4. The number of nitrogens with one attached hydrogen (secondary N) is 1. The third-order valence-electron chi connectivity index (χ3n) is 2.51. The highest BCUT2D eigenvalue weighted by Gasteiger charge is 2.08. The molecule has 0 aromatic heterocycles. The summed E-state index contributed by atoms with van der Waals surface area (Å²) in [6, 6.07) is 7.62. The minimum Gasteiger partial charge on any atom is -0.462 e. The Morgan fingerprint density at radius 1 is 1.44 bits per heavy atom. The molecule has 0 aliphatic heterocycles. The molecule has 0 fully saturated rings. The molecule has 0 amide bonds. The van der Waals surface area contributed by atoms with E-state index in [1.54, 1.807) is 13.0 Å². The molecule has 0 aliphatic carbocycles. The summed E-state index contributed by atoms with van der Waals surface area (Å²) < 4.78 is 4.76. The van der Waals surface area contributed by atoms with E-state index in [2.05, 4.69) is 5.32 Å². The monoisotopic (exact) mass is 244 g/mol. The van der Waals surface area contributed by atoms with Crippen LogP contribution < -0.4 is 5.32 Å². The lowest BCUT2D eigenvalue weighted by atomic mass is 10.1. The van der Waals surface area contributed by atoms with Gasteiger partial charge in [-0.25, -0.2) is 4.79 Å². The molecule has 4 heteroatoms. The van der Waals surface area contributed by atoms with Gasteiger partial charge in [0.1, 0.15) is 6.07 Å². The number of carbonyl (C=O) groups is 1. The van der Waals surface area contributed by atoms with Crippen LogP contribution in [0.2, 0.25) is 0 Å². The zero-order chi connectivity index (χ0) is 13.5. The first-order chi connectivity index (χ1) is 8.58. The second kappa shape index (κ2) is 6.45. The average molecular weight is 244 g/mol. The third-order valence-corrected chi connectivity index (χ3v) is 2.51. The Kier molecular flexibility index (Phi) is 4.94. The number of hydrogen-bond acceptors (Lipinski definition) is 4. The standard InChI is InChI=1S/C14H16N2O2/c1-4-18-14(17)12(8-15)9-16-13-6-5-10(2)11(3)7-13/h5-7,9,16H,4H2,1-3H3/b12-9+. The molecular formula is C14H16N2O2. The zero-order valence-electron chi connectivity index (χ0n) is 10.8. The summed E-state index contributed by atoms with van der Waals surface area (Å²) in [5.74, 6) is -0.615. The van der Waals surface area contributed by atoms with Gasteiger partial charge in [0.15, 0.2) is 5.57 Å². The Bertz CT molecular complexity index is 513. The topological polar surface area (TPSA) is 62.1 Å². The fourth-order valence-electron chi connectivity index (χ4n) is 1.33. The van der Waals surface area contributed by atoms with Crippen LogP contribution in [0.5, 0.6) is 0 Å². The van der Waals surface area contributed by atoms with Crippen molar-refractivity contribution in [2.75, 3.05) is 11.9 Å². The molecule has 4 nitrogen and oxygen atoms in total. The number of anilines is 1. The molecule has 0 bridgehead atoms. The molecular weight excluding hydrogens is 228 g/mol. The van der Waals surface area contributed by atoms with Gasteiger partial charge in [0.05, 0.1) is 6.61 Å². The van der Waals surface area contributed by atoms with Gasteiger partial charge < -0.3 is 10.1 Å². The first-order valence-electron chi connectivity index (χ1n) is 5.69. The molecule has 0 saturated carbocycles. The van der Waals surface area contributed by atoms with Crippen LogP contribution in [-0.2, 0) is 9.53 Å². The Hall–Kier alpha value is -2.28. The second-order valence-electron chi connectivity index (χ2n) is 3.83. The molecule has 94 valence electrons. The summed E-state index contributed by atoms with van der Waals surface area (Å²) in [6.07, 6.45) is 1.36. The summed E-state index contributed by atoms with van der Waals surface area (Å²) in [5.41, 5.74) is 3.11. The van der Waals surface area contributed by atoms with Crippen LogP contribution in [0.4, 0.5) is 5.69 Å². The predicted molar refractivity (Wildman–Crippen MR) is 69.9 cm³/mol. The zero-order valence-corrected chi connectivity index (χ0v) is 10.8. The summed E-state index contributed by atoms with van der Waals surface area (Å²) in [6.45, 7) is 5.97. The van der Waals surface area contributed by atoms with Gasteiger partial charge in [-0.2, -0.15) is 5.26 Å². The molecule has 1 aromatic carbocycles. The Labute approximate surface area is 107 Å². The van der Waals surface area contributed by atoms with Gasteiger partial charge in [0.25, 0.3) is 0 Å². The van der Waals surface area contributed by atoms with E-state index in [1.807, 2.05) is 32.0 Å². The van der Waals surface area contributed by atoms with Crippen molar-refractivity contribution >= 4 is 11.7 Å². The minimum atomic E-state index is -0.615. The number of nitrogens with zero attached hydrogens (tertiary/aromatic N) is 1. The second-order valence-corrected chi connectivity index (χ2v) is 3.83. The fraction of sp³-hybridized carbons (Fsp3) is 0.286. The SMILES string of the molecule is CCOC(=O)/C(C#N)=C/Nc1ccc(C)c(C)c1. The van der Waals surface area contributed by atoms with Crippen LogP contribution in [0.3, 0.4) is 0 Å². The number of benzene rings is 1. The highest BCUT2D eigenvalue weighted by Crippen LogP contribution is 2.14. The Balaban J connectivity index is 2.80. The van der Waals surface area contributed by atoms with Gasteiger partial charge in [-0.3, -0.25) is 0 Å². The van der Waals surface area contributed by atoms with Gasteiger partial charge in [-0.1, -0.05) is 6.07 Å². The molecule has 0 radical (unpaired) electrons. The predicted octanol–water partition coefficient (Wildman–Crippen LogP) is 2.69. The van der Waals surface area contributed by atoms with Crippen LogP contribution in [0, 0.1) is 25.2 Å². The van der Waals surface area contributed by atoms with Gasteiger partial charge >= 0.3 is 5.97 Å². The Morgan fingerprint density at radius 2 is 2.17 bits per heavy atom. The first kappa shape index (κ1) is 13.8. The van der Waals surface area contributed by atoms with E-state index in [9.17, 15) is 4.79 Å². The van der Waals surface area contributed by atoms with Crippen molar-refractivity contribution in [2.24, 2.45) is 0 Å². The fourth-order valence-corrected chi connectivity index (χ4v) is 1.33. The number of esters is 1. The van der Waals surface area contributed by atoms with Crippen LogP contribution >= 0.6 is 0 Å². The molecule has 0 atom stereocenters. The summed E-state index contributed by atoms with van der Waals surface area (Å²) in [5, 5.41) is 11.8. The van der Waals surface area contributed by atoms with Crippen molar-refractivity contribution in [3.8, 4) is 6.07 Å². The quantitative estimate of drug-likeness (QED) is 0.502. The van der Waals surface area contributed by atoms with Crippen LogP contribution in [0.1, 0.15) is 18.1 Å². The molecule has 0 aliphatic rings. The van der Waals surface area contributed by atoms with Crippen molar-refractivity contribution in [3.63, 3.8) is 0 Å². The van der Waals surface area contributed by atoms with E-state index in [1.165, 1.54) is 11.8 Å². The molecule has 0 saturated heterocycles. The molecule has 0 unspecified atom stereocenters. The number of hydrogen-bond donors (Lipinski definition) is 1. The van der Waals surface area contributed by atoms with Crippen LogP contribution in [-0.4, -0.2) is 12.6 Å². The highest BCUT2D eigenvalue weighted by atomic mass is 16.5. The number of carbonyl (C=O) groups excluding carboxylic acids is 1. The number of aryl methyl sites for hydroxylation is 2. The molecule has 0 heterocycles. The van der Waals surface area contributed by atoms with E-state index in [-0.39, 0.29) is 12.2 Å². The maximum Gasteiger partial charge on any atom is 0.350 e. The van der Waals surface area contributed by atoms with E-state index < -0.39 is 5.97 Å². The molecule has 18 heavy (non-hydrogen) atoms. The Morgan fingerprint density at radius 3 is 2.72 bits per heavy atom. The van der Waals surface area contributed by atoms with E-state index >= 15 is 0 Å². The largest absolute Gasteiger partial charge is 0.462 e. The van der Waals surface area contributed by atoms with Gasteiger partial charge in [0, 0.05) is 11.9 Å². The normalized spacial score (nSPS) is 10.7. The smallest absolute Gasteiger partial charge is 0.350 e. The highest BCUT2D eigenvalue weighted by molar-refractivity contribution is 5.93. The van der Waals surface area contributed by atoms with Crippen molar-refractivity contribution < 1.29 is 9.53 Å². The van der Waals surface area contributed by atoms with Crippen molar-refractivity contribution in [3.05, 3.63) is 41.1 Å². The minimum absolute atomic E-state index is 0.0462. The van der Waals surface area contributed by atoms with E-state index in [0.29, 0.717) is 0 Å². The number of ether oxygens (including phenoxy) is 1. The van der Waals surface area contributed by atoms with Crippen LogP contribution in [0.15, 0.2) is 30.0 Å². The molecule has 1 rings (SSSR count). The van der Waals surface area contributed by atoms with Crippen molar-refractivity contribution in [2.45, 2.75) is 20.8 Å². The van der Waals surface area contributed by atoms with Crippen molar-refractivity contribution in [1.29, 1.82) is 5.26 Å². The number of nitriles is 1. The van der Waals surface area contributed by atoms with Crippen LogP contribution in [0.25, 0.3) is 0 Å². The molecule has 1 aromatic rings. The molecule has 0 spiro atoms. The number of rotatable bonds is 4. The molecule has 1 N–H and O–H groups in total. The third kappa shape index (κ3) is 3.63. The summed E-state index contributed by atoms with van der Waals surface area (Å²) in [7, 11) is 0. The lowest BCUT2D eigenvalue weighted by molar-refractivity contribution is -0.138. The van der Waals surface area contributed by atoms with Gasteiger partial charge in [0.2, 0.25) is 0 Å². The van der Waals surface area contributed by atoms with E-state index in [0.717, 1.165) is 11.3 Å².